The number of hydrogen-bond acceptors (Lipinski definition) is 4. The lowest BCUT2D eigenvalue weighted by Gasteiger charge is -2.07. The van der Waals surface area contributed by atoms with Crippen LogP contribution in [0, 0.1) is 0 Å². The quantitative estimate of drug-likeness (QED) is 0.756. The van der Waals surface area contributed by atoms with Crippen molar-refractivity contribution in [2.45, 2.75) is 6.42 Å². The number of aromatic nitrogens is 3. The van der Waals surface area contributed by atoms with Gasteiger partial charge >= 0.3 is 0 Å². The van der Waals surface area contributed by atoms with Gasteiger partial charge < -0.3 is 10.4 Å². The van der Waals surface area contributed by atoms with Gasteiger partial charge in [0, 0.05) is 23.5 Å². The van der Waals surface area contributed by atoms with Crippen LogP contribution in [0.2, 0.25) is 0 Å². The van der Waals surface area contributed by atoms with Crippen molar-refractivity contribution in [1.29, 1.82) is 0 Å². The third kappa shape index (κ3) is 3.61. The molecule has 0 unspecified atom stereocenters. The highest BCUT2D eigenvalue weighted by molar-refractivity contribution is 6.04. The van der Waals surface area contributed by atoms with Crippen molar-refractivity contribution in [2.24, 2.45) is 0 Å². The fraction of sp³-hybridized carbons (Fsp3) is 0.118. The fourth-order valence-corrected chi connectivity index (χ4v) is 2.21. The van der Waals surface area contributed by atoms with Crippen LogP contribution < -0.4 is 5.32 Å². The Labute approximate surface area is 133 Å². The average molecular weight is 308 g/mol. The summed E-state index contributed by atoms with van der Waals surface area (Å²) in [5.74, 6) is -0.171. The Morgan fingerprint density at radius 2 is 1.65 bits per heavy atom. The Morgan fingerprint density at radius 1 is 1.00 bits per heavy atom. The second-order valence-corrected chi connectivity index (χ2v) is 5.04. The van der Waals surface area contributed by atoms with Gasteiger partial charge in [-0.25, -0.2) is 0 Å². The first-order chi connectivity index (χ1) is 11.3. The summed E-state index contributed by atoms with van der Waals surface area (Å²) in [5, 5.41) is 19.2. The van der Waals surface area contributed by atoms with Gasteiger partial charge in [-0.1, -0.05) is 12.1 Å². The number of amides is 1. The molecule has 0 aliphatic carbocycles. The minimum atomic E-state index is -0.171. The first-order valence-electron chi connectivity index (χ1n) is 7.22. The van der Waals surface area contributed by atoms with E-state index in [9.17, 15) is 4.79 Å². The van der Waals surface area contributed by atoms with E-state index in [2.05, 4.69) is 15.5 Å². The van der Waals surface area contributed by atoms with Gasteiger partial charge in [0.05, 0.1) is 0 Å². The smallest absolute Gasteiger partial charge is 0.255 e. The van der Waals surface area contributed by atoms with Crippen LogP contribution in [0.4, 0.5) is 5.69 Å². The number of hydrogen-bond donors (Lipinski definition) is 2. The van der Waals surface area contributed by atoms with Crippen molar-refractivity contribution >= 4 is 11.6 Å². The Bertz CT molecular complexity index is 765. The lowest BCUT2D eigenvalue weighted by Crippen LogP contribution is -2.11. The summed E-state index contributed by atoms with van der Waals surface area (Å²) in [6.45, 7) is 0.116. The number of anilines is 1. The van der Waals surface area contributed by atoms with E-state index in [1.165, 1.54) is 0 Å². The molecule has 1 heterocycles. The van der Waals surface area contributed by atoms with E-state index in [1.807, 2.05) is 36.4 Å². The number of nitrogens with one attached hydrogen (secondary N) is 1. The Balaban J connectivity index is 1.68. The van der Waals surface area contributed by atoms with Crippen molar-refractivity contribution in [3.63, 3.8) is 0 Å². The molecule has 0 aliphatic rings. The molecule has 0 fully saturated rings. The standard InChI is InChI=1S/C17H16N4O2/c22-10-9-13-1-5-15(6-2-13)20-17(23)14-3-7-16(8-4-14)21-11-18-19-12-21/h1-8,11-12,22H,9-10H2,(H,20,23). The van der Waals surface area contributed by atoms with Gasteiger partial charge in [0.1, 0.15) is 12.7 Å². The SMILES string of the molecule is O=C(Nc1ccc(CCO)cc1)c1ccc(-n2cnnc2)cc1. The fourth-order valence-electron chi connectivity index (χ4n) is 2.21. The van der Waals surface area contributed by atoms with Crippen molar-refractivity contribution < 1.29 is 9.90 Å². The molecular formula is C17H16N4O2. The maximum absolute atomic E-state index is 12.2. The van der Waals surface area contributed by atoms with Gasteiger partial charge in [-0.2, -0.15) is 0 Å². The normalized spacial score (nSPS) is 10.5. The number of carbonyl (C=O) groups excluding carboxylic acids is 1. The second kappa shape index (κ2) is 6.85. The molecule has 23 heavy (non-hydrogen) atoms. The molecule has 3 aromatic rings. The van der Waals surface area contributed by atoms with Crippen LogP contribution in [-0.4, -0.2) is 32.4 Å². The maximum atomic E-state index is 12.2. The summed E-state index contributed by atoms with van der Waals surface area (Å²) in [6, 6.07) is 14.6. The summed E-state index contributed by atoms with van der Waals surface area (Å²) in [5.41, 5.74) is 3.21. The molecule has 6 heteroatoms. The lowest BCUT2D eigenvalue weighted by atomic mass is 10.1. The molecule has 0 saturated heterocycles. The van der Waals surface area contributed by atoms with Crippen LogP contribution in [0.5, 0.6) is 0 Å². The molecule has 2 N–H and O–H groups in total. The third-order valence-corrected chi connectivity index (χ3v) is 3.46. The molecule has 0 bridgehead atoms. The molecule has 0 spiro atoms. The van der Waals surface area contributed by atoms with Crippen molar-refractivity contribution in [2.75, 3.05) is 11.9 Å². The van der Waals surface area contributed by atoms with Crippen LogP contribution in [0.25, 0.3) is 5.69 Å². The van der Waals surface area contributed by atoms with Crippen LogP contribution in [0.1, 0.15) is 15.9 Å². The van der Waals surface area contributed by atoms with Crippen molar-refractivity contribution in [3.8, 4) is 5.69 Å². The molecule has 116 valence electrons. The molecule has 1 amide bonds. The molecule has 0 atom stereocenters. The molecule has 0 aliphatic heterocycles. The summed E-state index contributed by atoms with van der Waals surface area (Å²) in [4.78, 5) is 12.2. The van der Waals surface area contributed by atoms with Gasteiger partial charge in [0.2, 0.25) is 0 Å². The second-order valence-electron chi connectivity index (χ2n) is 5.04. The number of benzene rings is 2. The zero-order valence-corrected chi connectivity index (χ0v) is 12.4. The highest BCUT2D eigenvalue weighted by Crippen LogP contribution is 2.13. The van der Waals surface area contributed by atoms with Crippen LogP contribution in [0.15, 0.2) is 61.2 Å². The number of rotatable bonds is 5. The highest BCUT2D eigenvalue weighted by atomic mass is 16.3. The van der Waals surface area contributed by atoms with E-state index in [4.69, 9.17) is 5.11 Å². The number of aliphatic hydroxyl groups excluding tert-OH is 1. The number of aliphatic hydroxyl groups is 1. The van der Waals surface area contributed by atoms with E-state index in [0.717, 1.165) is 16.9 Å². The number of nitrogens with zero attached hydrogens (tertiary/aromatic N) is 3. The Morgan fingerprint density at radius 3 is 2.26 bits per heavy atom. The van der Waals surface area contributed by atoms with E-state index >= 15 is 0 Å². The maximum Gasteiger partial charge on any atom is 0.255 e. The van der Waals surface area contributed by atoms with E-state index in [0.29, 0.717) is 12.0 Å². The Hall–Kier alpha value is -2.99. The van der Waals surface area contributed by atoms with Crippen LogP contribution in [0.3, 0.4) is 0 Å². The van der Waals surface area contributed by atoms with Gasteiger partial charge in [-0.3, -0.25) is 9.36 Å². The van der Waals surface area contributed by atoms with Crippen LogP contribution >= 0.6 is 0 Å². The highest BCUT2D eigenvalue weighted by Gasteiger charge is 2.06. The molecule has 3 rings (SSSR count). The first-order valence-corrected chi connectivity index (χ1v) is 7.22. The average Bonchev–Trinajstić information content (AvgIpc) is 3.11. The molecular weight excluding hydrogens is 292 g/mol. The van der Waals surface area contributed by atoms with Crippen LogP contribution in [-0.2, 0) is 6.42 Å². The summed E-state index contributed by atoms with van der Waals surface area (Å²) >= 11 is 0. The van der Waals surface area contributed by atoms with E-state index in [-0.39, 0.29) is 12.5 Å². The Kier molecular flexibility index (Phi) is 4.44. The zero-order chi connectivity index (χ0) is 16.1. The van der Waals surface area contributed by atoms with E-state index in [1.54, 1.807) is 29.4 Å². The van der Waals surface area contributed by atoms with E-state index < -0.39 is 0 Å². The number of carbonyl (C=O) groups is 1. The molecule has 2 aromatic carbocycles. The topological polar surface area (TPSA) is 80.0 Å². The van der Waals surface area contributed by atoms with Gasteiger partial charge in [0.15, 0.2) is 0 Å². The van der Waals surface area contributed by atoms with Gasteiger partial charge in [-0.15, -0.1) is 10.2 Å². The van der Waals surface area contributed by atoms with Gasteiger partial charge in [0.25, 0.3) is 5.91 Å². The summed E-state index contributed by atoms with van der Waals surface area (Å²) < 4.78 is 1.77. The molecule has 0 radical (unpaired) electrons. The minimum Gasteiger partial charge on any atom is -0.396 e. The molecule has 6 nitrogen and oxygen atoms in total. The summed E-state index contributed by atoms with van der Waals surface area (Å²) in [7, 11) is 0. The predicted octanol–water partition coefficient (Wildman–Crippen LogP) is 2.05. The monoisotopic (exact) mass is 308 g/mol. The van der Waals surface area contributed by atoms with Crippen molar-refractivity contribution in [3.05, 3.63) is 72.3 Å². The largest absolute Gasteiger partial charge is 0.396 e. The van der Waals surface area contributed by atoms with Gasteiger partial charge in [-0.05, 0) is 48.4 Å². The first kappa shape index (κ1) is 14.9. The zero-order valence-electron chi connectivity index (χ0n) is 12.4. The molecule has 0 saturated carbocycles. The van der Waals surface area contributed by atoms with Crippen molar-refractivity contribution in [1.82, 2.24) is 14.8 Å². The molecule has 1 aromatic heterocycles. The minimum absolute atomic E-state index is 0.116. The lowest BCUT2D eigenvalue weighted by molar-refractivity contribution is 0.102. The predicted molar refractivity (Wildman–Crippen MR) is 86.5 cm³/mol. The third-order valence-electron chi connectivity index (χ3n) is 3.46. The summed E-state index contributed by atoms with van der Waals surface area (Å²) in [6.07, 6.45) is 3.81.